The zero-order chi connectivity index (χ0) is 10.8. The molecule has 0 radical (unpaired) electrons. The van der Waals surface area contributed by atoms with E-state index in [2.05, 4.69) is 32.6 Å². The van der Waals surface area contributed by atoms with Crippen molar-refractivity contribution < 1.29 is 0 Å². The minimum atomic E-state index is 0.451. The van der Waals surface area contributed by atoms with Crippen molar-refractivity contribution in [2.24, 2.45) is 11.3 Å². The van der Waals surface area contributed by atoms with Gasteiger partial charge in [-0.1, -0.05) is 13.8 Å². The smallest absolute Gasteiger partial charge is 0.0164 e. The Bertz CT molecular complexity index is 279. The van der Waals surface area contributed by atoms with Gasteiger partial charge < -0.3 is 0 Å². The quantitative estimate of drug-likeness (QED) is 0.588. The highest BCUT2D eigenvalue weighted by molar-refractivity contribution is 5.10. The van der Waals surface area contributed by atoms with Crippen molar-refractivity contribution in [3.63, 3.8) is 0 Å². The van der Waals surface area contributed by atoms with Gasteiger partial charge in [0.15, 0.2) is 0 Å². The third-order valence-corrected chi connectivity index (χ3v) is 5.11. The van der Waals surface area contributed by atoms with Crippen LogP contribution in [0.1, 0.15) is 59.8 Å². The summed E-state index contributed by atoms with van der Waals surface area (Å²) in [6, 6.07) is 1.86. The van der Waals surface area contributed by atoms with E-state index in [0.717, 1.165) is 18.0 Å². The van der Waals surface area contributed by atoms with Gasteiger partial charge in [-0.2, -0.15) is 0 Å². The highest BCUT2D eigenvalue weighted by atomic mass is 15.3. The lowest BCUT2D eigenvalue weighted by Gasteiger charge is -2.55. The number of nitrogens with zero attached hydrogens (tertiary/aromatic N) is 1. The fraction of sp³-hybridized carbons (Fsp3) is 1.00. The third-order valence-electron chi connectivity index (χ3n) is 5.11. The summed E-state index contributed by atoms with van der Waals surface area (Å²) in [6.45, 7) is 9.89. The standard InChI is InChI=1S/C14H25N/c1-13(2)8-12-10-5-6-11(7-10)15(12)14(3,4)9-13/h10-12H,5-9H2,1-4H3. The first-order valence-corrected chi connectivity index (χ1v) is 6.68. The van der Waals surface area contributed by atoms with Crippen LogP contribution in [0.15, 0.2) is 0 Å². The van der Waals surface area contributed by atoms with E-state index < -0.39 is 0 Å². The highest BCUT2D eigenvalue weighted by Crippen LogP contribution is 2.55. The number of rotatable bonds is 0. The number of fused-ring (bicyclic) bond motifs is 5. The molecule has 2 saturated heterocycles. The van der Waals surface area contributed by atoms with Gasteiger partial charge in [0.2, 0.25) is 0 Å². The van der Waals surface area contributed by atoms with E-state index in [4.69, 9.17) is 0 Å². The van der Waals surface area contributed by atoms with Crippen LogP contribution < -0.4 is 0 Å². The van der Waals surface area contributed by atoms with Gasteiger partial charge in [0.05, 0.1) is 0 Å². The Morgan fingerprint density at radius 2 is 1.80 bits per heavy atom. The zero-order valence-corrected chi connectivity index (χ0v) is 10.7. The molecule has 2 bridgehead atoms. The molecular formula is C14H25N. The van der Waals surface area contributed by atoms with E-state index in [0.29, 0.717) is 11.0 Å². The molecule has 3 aliphatic rings. The summed E-state index contributed by atoms with van der Waals surface area (Å²) >= 11 is 0. The Kier molecular flexibility index (Phi) is 1.89. The molecule has 0 N–H and O–H groups in total. The van der Waals surface area contributed by atoms with Crippen molar-refractivity contribution in [2.75, 3.05) is 0 Å². The van der Waals surface area contributed by atoms with E-state index in [1.807, 2.05) is 0 Å². The Hall–Kier alpha value is -0.0400. The van der Waals surface area contributed by atoms with Gasteiger partial charge in [-0.3, -0.25) is 4.90 Å². The fourth-order valence-electron chi connectivity index (χ4n) is 5.20. The van der Waals surface area contributed by atoms with Gasteiger partial charge >= 0.3 is 0 Å². The summed E-state index contributed by atoms with van der Waals surface area (Å²) in [5, 5.41) is 0. The molecule has 3 fully saturated rings. The highest BCUT2D eigenvalue weighted by Gasteiger charge is 2.55. The Morgan fingerprint density at radius 3 is 2.53 bits per heavy atom. The minimum Gasteiger partial charge on any atom is -0.292 e. The van der Waals surface area contributed by atoms with E-state index in [-0.39, 0.29) is 0 Å². The number of hydrogen-bond acceptors (Lipinski definition) is 1. The average molecular weight is 207 g/mol. The summed E-state index contributed by atoms with van der Waals surface area (Å²) < 4.78 is 0. The molecular weight excluding hydrogens is 182 g/mol. The van der Waals surface area contributed by atoms with E-state index in [1.165, 1.54) is 32.1 Å². The van der Waals surface area contributed by atoms with Gasteiger partial charge in [-0.25, -0.2) is 0 Å². The number of piperidine rings is 2. The number of hydrogen-bond donors (Lipinski definition) is 0. The third kappa shape index (κ3) is 1.39. The van der Waals surface area contributed by atoms with Crippen LogP contribution in [0.2, 0.25) is 0 Å². The molecule has 3 unspecified atom stereocenters. The van der Waals surface area contributed by atoms with Crippen molar-refractivity contribution in [1.82, 2.24) is 4.90 Å². The van der Waals surface area contributed by atoms with Crippen LogP contribution in [0.3, 0.4) is 0 Å². The molecule has 2 aliphatic heterocycles. The Balaban J connectivity index is 1.94. The second kappa shape index (κ2) is 2.80. The molecule has 0 aromatic heterocycles. The predicted octanol–water partition coefficient (Wildman–Crippen LogP) is 3.44. The lowest BCUT2D eigenvalue weighted by atomic mass is 9.68. The Labute approximate surface area is 94.2 Å². The summed E-state index contributed by atoms with van der Waals surface area (Å²) in [6.07, 6.45) is 7.31. The molecule has 0 spiro atoms. The SMILES string of the molecule is CC1(C)CC2C3CCC(C3)N2C(C)(C)C1. The molecule has 1 aliphatic carbocycles. The van der Waals surface area contributed by atoms with Gasteiger partial charge in [-0.05, 0) is 57.3 Å². The molecule has 0 aromatic carbocycles. The largest absolute Gasteiger partial charge is 0.292 e. The molecule has 15 heavy (non-hydrogen) atoms. The lowest BCUT2D eigenvalue weighted by molar-refractivity contribution is -0.0560. The molecule has 2 heterocycles. The maximum absolute atomic E-state index is 2.90. The maximum atomic E-state index is 2.90. The first kappa shape index (κ1) is 10.1. The minimum absolute atomic E-state index is 0.451. The molecule has 1 heteroatoms. The van der Waals surface area contributed by atoms with Crippen LogP contribution in [-0.2, 0) is 0 Å². The maximum Gasteiger partial charge on any atom is 0.0164 e. The second-order valence-corrected chi connectivity index (χ2v) is 7.56. The van der Waals surface area contributed by atoms with Gasteiger partial charge in [0.1, 0.15) is 0 Å². The second-order valence-electron chi connectivity index (χ2n) is 7.56. The van der Waals surface area contributed by atoms with E-state index >= 15 is 0 Å². The van der Waals surface area contributed by atoms with Crippen molar-refractivity contribution in [3.8, 4) is 0 Å². The van der Waals surface area contributed by atoms with Crippen LogP contribution >= 0.6 is 0 Å². The molecule has 3 atom stereocenters. The normalized spacial score (nSPS) is 46.8. The summed E-state index contributed by atoms with van der Waals surface area (Å²) in [4.78, 5) is 2.90. The zero-order valence-electron chi connectivity index (χ0n) is 10.7. The van der Waals surface area contributed by atoms with Crippen LogP contribution in [0, 0.1) is 11.3 Å². The van der Waals surface area contributed by atoms with Crippen LogP contribution in [0.25, 0.3) is 0 Å². The van der Waals surface area contributed by atoms with Crippen LogP contribution in [-0.4, -0.2) is 22.5 Å². The van der Waals surface area contributed by atoms with Crippen molar-refractivity contribution in [2.45, 2.75) is 77.4 Å². The molecule has 3 rings (SSSR count). The average Bonchev–Trinajstić information content (AvgIpc) is 2.57. The van der Waals surface area contributed by atoms with E-state index in [9.17, 15) is 0 Å². The summed E-state index contributed by atoms with van der Waals surface area (Å²) in [5.74, 6) is 1.04. The van der Waals surface area contributed by atoms with Gasteiger partial charge in [0, 0.05) is 17.6 Å². The topological polar surface area (TPSA) is 3.24 Å². The first-order chi connectivity index (χ1) is 6.89. The molecule has 86 valence electrons. The van der Waals surface area contributed by atoms with Gasteiger partial charge in [0.25, 0.3) is 0 Å². The van der Waals surface area contributed by atoms with E-state index in [1.54, 1.807) is 0 Å². The summed E-state index contributed by atoms with van der Waals surface area (Å²) in [5.41, 5.74) is 1.02. The first-order valence-electron chi connectivity index (χ1n) is 6.68. The molecule has 0 aromatic rings. The lowest BCUT2D eigenvalue weighted by Crippen LogP contribution is -2.59. The fourth-order valence-corrected chi connectivity index (χ4v) is 5.20. The Morgan fingerprint density at radius 1 is 1.07 bits per heavy atom. The molecule has 1 saturated carbocycles. The van der Waals surface area contributed by atoms with Gasteiger partial charge in [-0.15, -0.1) is 0 Å². The van der Waals surface area contributed by atoms with Crippen molar-refractivity contribution in [1.29, 1.82) is 0 Å². The van der Waals surface area contributed by atoms with Crippen LogP contribution in [0.5, 0.6) is 0 Å². The molecule has 1 nitrogen and oxygen atoms in total. The van der Waals surface area contributed by atoms with Crippen LogP contribution in [0.4, 0.5) is 0 Å². The predicted molar refractivity (Wildman–Crippen MR) is 63.9 cm³/mol. The summed E-state index contributed by atoms with van der Waals surface area (Å²) in [7, 11) is 0. The molecule has 0 amide bonds. The monoisotopic (exact) mass is 207 g/mol. The van der Waals surface area contributed by atoms with Crippen molar-refractivity contribution in [3.05, 3.63) is 0 Å². The van der Waals surface area contributed by atoms with Crippen molar-refractivity contribution >= 4 is 0 Å².